The largest absolute Gasteiger partial charge is 0.396 e. The van der Waals surface area contributed by atoms with Gasteiger partial charge in [-0.15, -0.1) is 0 Å². The summed E-state index contributed by atoms with van der Waals surface area (Å²) in [5.74, 6) is 0. The lowest BCUT2D eigenvalue weighted by molar-refractivity contribution is 0.160. The van der Waals surface area contributed by atoms with E-state index in [9.17, 15) is 4.89 Å². The van der Waals surface area contributed by atoms with Gasteiger partial charge in [0.25, 0.3) is 0 Å². The van der Waals surface area contributed by atoms with Gasteiger partial charge in [-0.1, -0.05) is 51.4 Å². The Morgan fingerprint density at radius 1 is 0.857 bits per heavy atom. The Morgan fingerprint density at radius 2 is 1.29 bits per heavy atom. The summed E-state index contributed by atoms with van der Waals surface area (Å²) in [6.45, 7) is 1.48. The number of aliphatic hydroxyl groups is 1. The Morgan fingerprint density at radius 3 is 1.71 bits per heavy atom. The summed E-state index contributed by atoms with van der Waals surface area (Å²) in [5.41, 5.74) is 0. The average molecular weight is 340 g/mol. The van der Waals surface area contributed by atoms with Crippen LogP contribution in [0, 0.1) is 0 Å². The normalized spacial score (nSPS) is 14.5. The van der Waals surface area contributed by atoms with E-state index < -0.39 is 6.72 Å². The number of hydrogen-bond donors (Lipinski definition) is 2. The van der Waals surface area contributed by atoms with Crippen LogP contribution in [0.25, 0.3) is 0 Å². The molecule has 1 atom stereocenters. The number of aliphatic hydroxyl groups excluding tert-OH is 1. The second-order valence-electron chi connectivity index (χ2n) is 5.72. The molecule has 0 radical (unpaired) electrons. The van der Waals surface area contributed by atoms with Crippen LogP contribution in [-0.2, 0) is 20.9 Å². The smallest absolute Gasteiger partial charge is 0.324 e. The maximum Gasteiger partial charge on any atom is 0.324 e. The molecule has 0 fully saturated rings. The van der Waals surface area contributed by atoms with E-state index in [0.29, 0.717) is 13.2 Å². The van der Waals surface area contributed by atoms with Crippen LogP contribution in [-0.4, -0.2) is 29.3 Å². The van der Waals surface area contributed by atoms with Crippen molar-refractivity contribution in [3.05, 3.63) is 0 Å². The van der Waals surface area contributed by atoms with E-state index in [1.807, 2.05) is 13.8 Å². The van der Waals surface area contributed by atoms with E-state index in [-0.39, 0.29) is 6.10 Å². The molecular formula is C15H33O4PS. The molecule has 1 unspecified atom stereocenters. The van der Waals surface area contributed by atoms with Gasteiger partial charge in [-0.2, -0.15) is 0 Å². The van der Waals surface area contributed by atoms with Crippen molar-refractivity contribution in [2.75, 3.05) is 13.2 Å². The van der Waals surface area contributed by atoms with E-state index in [4.69, 9.17) is 26.0 Å². The molecule has 4 nitrogen and oxygen atoms in total. The molecule has 0 saturated carbocycles. The van der Waals surface area contributed by atoms with Crippen molar-refractivity contribution in [2.24, 2.45) is 0 Å². The highest BCUT2D eigenvalue weighted by molar-refractivity contribution is 8.07. The van der Waals surface area contributed by atoms with Crippen molar-refractivity contribution in [1.82, 2.24) is 0 Å². The summed E-state index contributed by atoms with van der Waals surface area (Å²) >= 11 is 4.90. The van der Waals surface area contributed by atoms with Crippen LogP contribution in [0.15, 0.2) is 0 Å². The summed E-state index contributed by atoms with van der Waals surface area (Å²) in [5, 5.41) is 8.66. The van der Waals surface area contributed by atoms with Gasteiger partial charge in [-0.25, -0.2) is 0 Å². The van der Waals surface area contributed by atoms with Crippen LogP contribution in [0.1, 0.15) is 78.1 Å². The molecule has 0 saturated heterocycles. The topological polar surface area (TPSA) is 58.9 Å². The maximum absolute atomic E-state index is 9.71. The highest BCUT2D eigenvalue weighted by Gasteiger charge is 2.16. The first-order chi connectivity index (χ1) is 9.98. The molecule has 0 aromatic rings. The highest BCUT2D eigenvalue weighted by atomic mass is 32.5. The van der Waals surface area contributed by atoms with Crippen LogP contribution in [0.4, 0.5) is 0 Å². The molecule has 0 aromatic heterocycles. The number of unbranched alkanes of at least 4 members (excludes halogenated alkanes) is 9. The van der Waals surface area contributed by atoms with Crippen molar-refractivity contribution < 1.29 is 19.0 Å². The molecule has 0 rings (SSSR count). The van der Waals surface area contributed by atoms with Crippen LogP contribution in [0.2, 0.25) is 0 Å². The van der Waals surface area contributed by atoms with Crippen molar-refractivity contribution in [1.29, 1.82) is 0 Å². The van der Waals surface area contributed by atoms with Crippen LogP contribution >= 0.6 is 6.72 Å². The second kappa shape index (κ2) is 14.1. The summed E-state index contributed by atoms with van der Waals surface area (Å²) in [6, 6.07) is 0. The molecule has 0 spiro atoms. The van der Waals surface area contributed by atoms with Gasteiger partial charge in [-0.05, 0) is 38.5 Å². The molecule has 6 heteroatoms. The fourth-order valence-corrected chi connectivity index (χ4v) is 3.80. The van der Waals surface area contributed by atoms with E-state index in [2.05, 4.69) is 0 Å². The van der Waals surface area contributed by atoms with Gasteiger partial charge in [0.15, 0.2) is 0 Å². The third-order valence-electron chi connectivity index (χ3n) is 3.15. The van der Waals surface area contributed by atoms with Gasteiger partial charge < -0.3 is 19.0 Å². The molecule has 0 aliphatic rings. The lowest BCUT2D eigenvalue weighted by atomic mass is 10.1. The molecule has 128 valence electrons. The van der Waals surface area contributed by atoms with Crippen molar-refractivity contribution >= 4 is 18.5 Å². The second-order valence-corrected chi connectivity index (χ2v) is 8.51. The average Bonchev–Trinajstić information content (AvgIpc) is 2.38. The number of hydrogen-bond acceptors (Lipinski definition) is 4. The lowest BCUT2D eigenvalue weighted by Gasteiger charge is -2.17. The zero-order valence-electron chi connectivity index (χ0n) is 13.6. The van der Waals surface area contributed by atoms with Crippen LogP contribution in [0.3, 0.4) is 0 Å². The Kier molecular flexibility index (Phi) is 14.4. The predicted octanol–water partition coefficient (Wildman–Crippen LogP) is 4.54. The van der Waals surface area contributed by atoms with E-state index in [1.165, 1.54) is 38.5 Å². The quantitative estimate of drug-likeness (QED) is 0.339. The molecular weight excluding hydrogens is 307 g/mol. The first-order valence-corrected chi connectivity index (χ1v) is 10.8. The van der Waals surface area contributed by atoms with E-state index in [1.54, 1.807) is 0 Å². The summed E-state index contributed by atoms with van der Waals surface area (Å²) in [4.78, 5) is 9.71. The molecule has 0 amide bonds. The Labute approximate surface area is 135 Å². The third kappa shape index (κ3) is 16.7. The molecule has 2 N–H and O–H groups in total. The summed E-state index contributed by atoms with van der Waals surface area (Å²) < 4.78 is 10.4. The monoisotopic (exact) mass is 340 g/mol. The minimum absolute atomic E-state index is 0.0989. The minimum atomic E-state index is -3.01. The zero-order valence-corrected chi connectivity index (χ0v) is 15.3. The van der Waals surface area contributed by atoms with Gasteiger partial charge in [-0.3, -0.25) is 0 Å². The van der Waals surface area contributed by atoms with Crippen LogP contribution in [0.5, 0.6) is 0 Å². The summed E-state index contributed by atoms with van der Waals surface area (Å²) in [6.07, 6.45) is 11.6. The fraction of sp³-hybridized carbons (Fsp3) is 1.00. The maximum atomic E-state index is 9.71. The first-order valence-electron chi connectivity index (χ1n) is 8.24. The molecule has 0 heterocycles. The predicted molar refractivity (Wildman–Crippen MR) is 91.9 cm³/mol. The molecule has 21 heavy (non-hydrogen) atoms. The van der Waals surface area contributed by atoms with Crippen molar-refractivity contribution in [3.8, 4) is 0 Å². The van der Waals surface area contributed by atoms with Crippen LogP contribution < -0.4 is 0 Å². The fourth-order valence-electron chi connectivity index (χ4n) is 2.10. The van der Waals surface area contributed by atoms with Gasteiger partial charge in [0, 0.05) is 6.61 Å². The van der Waals surface area contributed by atoms with Gasteiger partial charge in [0.05, 0.1) is 12.7 Å². The Hall–Kier alpha value is 0.490. The zero-order chi connectivity index (χ0) is 16.0. The summed E-state index contributed by atoms with van der Waals surface area (Å²) in [7, 11) is 0. The molecule has 0 bridgehead atoms. The minimum Gasteiger partial charge on any atom is -0.396 e. The van der Waals surface area contributed by atoms with Gasteiger partial charge in [0.2, 0.25) is 0 Å². The number of rotatable bonds is 15. The van der Waals surface area contributed by atoms with E-state index in [0.717, 1.165) is 25.7 Å². The standard InChI is InChI=1S/C15H33O4PS/c1-15(2)19-20(17,21)18-14-12-10-8-6-4-3-5-7-9-11-13-16/h15-16H,3-14H2,1-2H3,(H,17,21). The van der Waals surface area contributed by atoms with E-state index >= 15 is 0 Å². The molecule has 0 aromatic carbocycles. The Bertz CT molecular complexity index is 274. The highest BCUT2D eigenvalue weighted by Crippen LogP contribution is 2.44. The van der Waals surface area contributed by atoms with Crippen molar-refractivity contribution in [3.63, 3.8) is 0 Å². The Balaban J connectivity index is 3.24. The van der Waals surface area contributed by atoms with Gasteiger partial charge in [0.1, 0.15) is 0 Å². The molecule has 0 aliphatic heterocycles. The lowest BCUT2D eigenvalue weighted by Crippen LogP contribution is -2.03. The van der Waals surface area contributed by atoms with Gasteiger partial charge >= 0.3 is 6.72 Å². The third-order valence-corrected chi connectivity index (χ3v) is 4.92. The SMILES string of the molecule is CC(C)OP(O)(=S)OCCCCCCCCCCCCO. The molecule has 0 aliphatic carbocycles. The van der Waals surface area contributed by atoms with Crippen molar-refractivity contribution in [2.45, 2.75) is 84.2 Å². The first kappa shape index (κ1) is 21.5.